The van der Waals surface area contributed by atoms with Crippen LogP contribution in [0.15, 0.2) is 41.3 Å². The first-order valence-corrected chi connectivity index (χ1v) is 15.8. The van der Waals surface area contributed by atoms with Gasteiger partial charge in [0.1, 0.15) is 5.75 Å². The maximum atomic E-state index is 15.0. The van der Waals surface area contributed by atoms with E-state index in [9.17, 15) is 45.5 Å². The maximum absolute atomic E-state index is 15.0. The molecule has 3 N–H and O–H groups in total. The summed E-state index contributed by atoms with van der Waals surface area (Å²) in [6.45, 7) is 1.64. The van der Waals surface area contributed by atoms with Crippen molar-refractivity contribution in [2.24, 2.45) is 11.3 Å². The van der Waals surface area contributed by atoms with Gasteiger partial charge in [0.2, 0.25) is 5.91 Å². The smallest absolute Gasteiger partial charge is 0.496 e. The van der Waals surface area contributed by atoms with E-state index >= 15 is 0 Å². The van der Waals surface area contributed by atoms with Crippen LogP contribution in [0.2, 0.25) is 0 Å². The van der Waals surface area contributed by atoms with Gasteiger partial charge in [0.05, 0.1) is 47.2 Å². The lowest BCUT2D eigenvalue weighted by Crippen LogP contribution is -2.48. The van der Waals surface area contributed by atoms with Gasteiger partial charge in [0.25, 0.3) is 15.7 Å². The fourth-order valence-electron chi connectivity index (χ4n) is 5.76. The number of anilines is 1. The third-order valence-electron chi connectivity index (χ3n) is 8.59. The molecule has 0 radical (unpaired) electrons. The molecule has 2 amide bonds. The lowest BCUT2D eigenvalue weighted by Gasteiger charge is -2.34. The number of nitrogens with one attached hydrogen (secondary N) is 2. The molecule has 2 fully saturated rings. The molecule has 4 rings (SSSR count). The zero-order valence-corrected chi connectivity index (χ0v) is 26.0. The SMILES string of the molecule is COc1cc(F)c(OC2CCC(C)(C(=O)O)CC2)cc1C(=O)N[C@H]1[C@H](OC)CC[C@H]1C(=O)Nc1cccc(S(=O)(=O)C(F)(F)F)c1. The molecule has 252 valence electrons. The van der Waals surface area contributed by atoms with Crippen LogP contribution < -0.4 is 20.1 Å². The molecule has 0 aliphatic heterocycles. The molecule has 0 saturated heterocycles. The van der Waals surface area contributed by atoms with Gasteiger partial charge in [0.15, 0.2) is 11.6 Å². The Morgan fingerprint density at radius 3 is 2.26 bits per heavy atom. The molecule has 11 nitrogen and oxygen atoms in total. The minimum absolute atomic E-state index is 0.115. The van der Waals surface area contributed by atoms with Crippen molar-refractivity contribution in [3.8, 4) is 11.5 Å². The lowest BCUT2D eigenvalue weighted by atomic mass is 9.75. The Labute approximate surface area is 262 Å². The fraction of sp³-hybridized carbons (Fsp3) is 0.500. The summed E-state index contributed by atoms with van der Waals surface area (Å²) in [6, 6.07) is 4.92. The van der Waals surface area contributed by atoms with Gasteiger partial charge in [0, 0.05) is 18.9 Å². The molecule has 2 saturated carbocycles. The van der Waals surface area contributed by atoms with Gasteiger partial charge in [-0.2, -0.15) is 13.2 Å². The van der Waals surface area contributed by atoms with Gasteiger partial charge < -0.3 is 30.0 Å². The zero-order valence-electron chi connectivity index (χ0n) is 25.1. The van der Waals surface area contributed by atoms with Crippen molar-refractivity contribution in [2.45, 2.75) is 74.1 Å². The summed E-state index contributed by atoms with van der Waals surface area (Å²) in [5.74, 6) is -4.49. The number of aliphatic carboxylic acids is 1. The molecular weight excluding hydrogens is 640 g/mol. The quantitative estimate of drug-likeness (QED) is 0.304. The molecule has 2 aliphatic carbocycles. The van der Waals surface area contributed by atoms with Crippen molar-refractivity contribution < 1.29 is 59.7 Å². The number of hydrogen-bond donors (Lipinski definition) is 3. The highest BCUT2D eigenvalue weighted by Gasteiger charge is 2.47. The average molecular weight is 675 g/mol. The second-order valence-corrected chi connectivity index (χ2v) is 13.5. The third-order valence-corrected chi connectivity index (χ3v) is 10.1. The summed E-state index contributed by atoms with van der Waals surface area (Å²) in [6.07, 6.45) is 0.759. The summed E-state index contributed by atoms with van der Waals surface area (Å²) < 4.78 is 94.3. The number of benzene rings is 2. The number of carboxylic acids is 1. The van der Waals surface area contributed by atoms with E-state index in [0.29, 0.717) is 38.2 Å². The second-order valence-electron chi connectivity index (χ2n) is 11.6. The summed E-state index contributed by atoms with van der Waals surface area (Å²) in [5.41, 5.74) is -6.76. The average Bonchev–Trinajstić information content (AvgIpc) is 3.41. The van der Waals surface area contributed by atoms with E-state index in [0.717, 1.165) is 24.3 Å². The van der Waals surface area contributed by atoms with E-state index in [-0.39, 0.29) is 29.2 Å². The Morgan fingerprint density at radius 2 is 1.67 bits per heavy atom. The molecule has 46 heavy (non-hydrogen) atoms. The highest BCUT2D eigenvalue weighted by molar-refractivity contribution is 7.92. The van der Waals surface area contributed by atoms with Crippen molar-refractivity contribution in [2.75, 3.05) is 19.5 Å². The predicted octanol–water partition coefficient (Wildman–Crippen LogP) is 4.70. The molecule has 0 spiro atoms. The Hall–Kier alpha value is -3.92. The van der Waals surface area contributed by atoms with E-state index in [4.69, 9.17) is 14.2 Å². The van der Waals surface area contributed by atoms with Crippen LogP contribution >= 0.6 is 0 Å². The summed E-state index contributed by atoms with van der Waals surface area (Å²) >= 11 is 0. The number of alkyl halides is 3. The van der Waals surface area contributed by atoms with Gasteiger partial charge in [-0.3, -0.25) is 14.4 Å². The Morgan fingerprint density at radius 1 is 1.00 bits per heavy atom. The molecule has 2 aliphatic rings. The molecule has 0 bridgehead atoms. The standard InChI is InChI=1S/C30H34F4N2O9S/c1-29(28(39)40)11-9-17(10-12-29)45-24-14-20(23(44-3)15-21(24)31)27(38)36-25-19(7-8-22(25)43-2)26(37)35-16-5-4-6-18(13-16)46(41,42)30(32,33)34/h4-6,13-15,17,19,22,25H,7-12H2,1-3H3,(H,35,37)(H,36,38)(H,39,40)/t17?,19-,22-,25-,29?/m1/s1. The normalized spacial score (nSPS) is 25.0. The summed E-state index contributed by atoms with van der Waals surface area (Å²) in [4.78, 5) is 37.3. The number of amides is 2. The van der Waals surface area contributed by atoms with Crippen molar-refractivity contribution in [3.63, 3.8) is 0 Å². The van der Waals surface area contributed by atoms with Gasteiger partial charge in [-0.25, -0.2) is 12.8 Å². The molecule has 2 aromatic rings. The predicted molar refractivity (Wildman–Crippen MR) is 155 cm³/mol. The van der Waals surface area contributed by atoms with Crippen LogP contribution in [0.3, 0.4) is 0 Å². The van der Waals surface area contributed by atoms with Crippen molar-refractivity contribution in [1.82, 2.24) is 5.32 Å². The van der Waals surface area contributed by atoms with Crippen LogP contribution in [0.1, 0.15) is 55.8 Å². The first-order valence-electron chi connectivity index (χ1n) is 14.3. The van der Waals surface area contributed by atoms with Gasteiger partial charge >= 0.3 is 11.5 Å². The summed E-state index contributed by atoms with van der Waals surface area (Å²) in [5, 5.41) is 14.6. The molecule has 3 atom stereocenters. The Kier molecular flexibility index (Phi) is 10.2. The summed E-state index contributed by atoms with van der Waals surface area (Å²) in [7, 11) is -3.05. The lowest BCUT2D eigenvalue weighted by molar-refractivity contribution is -0.150. The van der Waals surface area contributed by atoms with Crippen LogP contribution in [-0.2, 0) is 24.2 Å². The van der Waals surface area contributed by atoms with Gasteiger partial charge in [-0.15, -0.1) is 0 Å². The maximum Gasteiger partial charge on any atom is 0.501 e. The van der Waals surface area contributed by atoms with Crippen molar-refractivity contribution >= 4 is 33.3 Å². The number of hydrogen-bond acceptors (Lipinski definition) is 8. The van der Waals surface area contributed by atoms with Gasteiger partial charge in [-0.05, 0) is 69.7 Å². The Bertz CT molecular complexity index is 1590. The minimum Gasteiger partial charge on any atom is -0.496 e. The van der Waals surface area contributed by atoms with Crippen LogP contribution in [-0.4, -0.2) is 69.3 Å². The van der Waals surface area contributed by atoms with Crippen LogP contribution in [0.4, 0.5) is 23.2 Å². The highest BCUT2D eigenvalue weighted by atomic mass is 32.2. The van der Waals surface area contributed by atoms with Crippen molar-refractivity contribution in [3.05, 3.63) is 47.8 Å². The van der Waals surface area contributed by atoms with Crippen LogP contribution in [0.25, 0.3) is 0 Å². The van der Waals surface area contributed by atoms with E-state index in [1.54, 1.807) is 6.92 Å². The molecule has 0 aromatic heterocycles. The van der Waals surface area contributed by atoms with Gasteiger partial charge in [-0.1, -0.05) is 6.07 Å². The van der Waals surface area contributed by atoms with Crippen molar-refractivity contribution in [1.29, 1.82) is 0 Å². The number of carbonyl (C=O) groups excluding carboxylic acids is 2. The topological polar surface area (TPSA) is 157 Å². The Balaban J connectivity index is 1.52. The third kappa shape index (κ3) is 7.22. The number of sulfone groups is 1. The van der Waals surface area contributed by atoms with E-state index < -0.39 is 73.4 Å². The monoisotopic (exact) mass is 674 g/mol. The zero-order chi connectivity index (χ0) is 34.0. The highest BCUT2D eigenvalue weighted by Crippen LogP contribution is 2.39. The molecule has 0 unspecified atom stereocenters. The molecule has 16 heteroatoms. The number of carboxylic acid groups (broad SMARTS) is 1. The first-order chi connectivity index (χ1) is 21.5. The largest absolute Gasteiger partial charge is 0.501 e. The fourth-order valence-corrected chi connectivity index (χ4v) is 6.57. The first kappa shape index (κ1) is 34.9. The molecule has 0 heterocycles. The van der Waals surface area contributed by atoms with Crippen LogP contribution in [0, 0.1) is 17.2 Å². The number of rotatable bonds is 10. The van der Waals surface area contributed by atoms with E-state index in [1.165, 1.54) is 20.3 Å². The van der Waals surface area contributed by atoms with E-state index in [2.05, 4.69) is 10.6 Å². The molecular formula is C30H34F4N2O9S. The number of carbonyl (C=O) groups is 3. The molecule has 2 aromatic carbocycles. The number of methoxy groups -OCH3 is 2. The van der Waals surface area contributed by atoms with E-state index in [1.807, 2.05) is 0 Å². The number of halogens is 4. The minimum atomic E-state index is -5.66. The number of ether oxygens (including phenoxy) is 3. The van der Waals surface area contributed by atoms with Crippen LogP contribution in [0.5, 0.6) is 11.5 Å². The second kappa shape index (κ2) is 13.4.